The molecule has 1 N–H and O–H groups in total. The largest absolute Gasteiger partial charge is 0.497 e. The van der Waals surface area contributed by atoms with Crippen LogP contribution in [0.25, 0.3) is 11.3 Å². The fourth-order valence-corrected chi connectivity index (χ4v) is 4.57. The number of carbonyl (C=O) groups is 1. The predicted octanol–water partition coefficient (Wildman–Crippen LogP) is 4.31. The van der Waals surface area contributed by atoms with E-state index in [1.165, 1.54) is 6.92 Å². The Bertz CT molecular complexity index is 1270. The summed E-state index contributed by atoms with van der Waals surface area (Å²) < 4.78 is 12.4. The summed E-state index contributed by atoms with van der Waals surface area (Å²) in [4.78, 5) is 29.8. The lowest BCUT2D eigenvalue weighted by molar-refractivity contribution is -0.146. The Morgan fingerprint density at radius 2 is 2.03 bits per heavy atom. The Morgan fingerprint density at radius 3 is 2.70 bits per heavy atom. The van der Waals surface area contributed by atoms with Crippen LogP contribution in [0.15, 0.2) is 47.3 Å². The Balaban J connectivity index is 1.78. The first-order valence-corrected chi connectivity index (χ1v) is 11.2. The third-order valence-corrected chi connectivity index (χ3v) is 6.23. The van der Waals surface area contributed by atoms with Crippen LogP contribution in [0, 0.1) is 0 Å². The van der Waals surface area contributed by atoms with Crippen LogP contribution in [0.4, 0.5) is 5.82 Å². The van der Waals surface area contributed by atoms with E-state index < -0.39 is 0 Å². The van der Waals surface area contributed by atoms with E-state index in [0.29, 0.717) is 40.7 Å². The van der Waals surface area contributed by atoms with Crippen LogP contribution in [-0.2, 0) is 29.4 Å². The summed E-state index contributed by atoms with van der Waals surface area (Å²) >= 11 is 6.43. The number of hydrogen-bond acceptors (Lipinski definition) is 6. The number of carbonyl (C=O) groups excluding carboxylic acids is 1. The maximum atomic E-state index is 13.3. The molecule has 1 aliphatic carbocycles. The molecule has 0 fully saturated rings. The van der Waals surface area contributed by atoms with Gasteiger partial charge < -0.3 is 14.8 Å². The number of rotatable bonds is 6. The molecule has 2 atom stereocenters. The predicted molar refractivity (Wildman–Crippen MR) is 128 cm³/mol. The number of esters is 1. The molecule has 7 nitrogen and oxygen atoms in total. The van der Waals surface area contributed by atoms with E-state index >= 15 is 0 Å². The number of benzene rings is 2. The van der Waals surface area contributed by atoms with Crippen molar-refractivity contribution in [1.29, 1.82) is 0 Å². The van der Waals surface area contributed by atoms with Gasteiger partial charge in [0.2, 0.25) is 0 Å². The van der Waals surface area contributed by atoms with E-state index in [0.717, 1.165) is 11.1 Å². The number of aromatic nitrogens is 2. The van der Waals surface area contributed by atoms with Gasteiger partial charge in [0, 0.05) is 26.0 Å². The molecule has 0 spiro atoms. The van der Waals surface area contributed by atoms with Crippen LogP contribution in [0.5, 0.6) is 5.75 Å². The van der Waals surface area contributed by atoms with Gasteiger partial charge in [0.25, 0.3) is 5.56 Å². The van der Waals surface area contributed by atoms with Gasteiger partial charge in [-0.2, -0.15) is 0 Å². The van der Waals surface area contributed by atoms with Gasteiger partial charge in [-0.25, -0.2) is 4.98 Å². The number of fused-ring (bicyclic) bond motifs is 1. The topological polar surface area (TPSA) is 82.4 Å². The first-order valence-electron chi connectivity index (χ1n) is 10.8. The Labute approximate surface area is 197 Å². The minimum atomic E-state index is -0.379. The van der Waals surface area contributed by atoms with Gasteiger partial charge in [-0.1, -0.05) is 42.8 Å². The Morgan fingerprint density at radius 1 is 1.27 bits per heavy atom. The minimum absolute atomic E-state index is 0.274. The van der Waals surface area contributed by atoms with Crippen molar-refractivity contribution in [2.75, 3.05) is 12.4 Å². The van der Waals surface area contributed by atoms with E-state index in [2.05, 4.69) is 5.32 Å². The highest BCUT2D eigenvalue weighted by atomic mass is 35.5. The molecule has 3 aromatic rings. The number of ether oxygens (including phenoxy) is 2. The van der Waals surface area contributed by atoms with Crippen LogP contribution in [0.1, 0.15) is 36.7 Å². The Kier molecular flexibility index (Phi) is 6.42. The number of methoxy groups -OCH3 is 1. The normalized spacial score (nSPS) is 16.9. The molecular formula is C25H26ClN3O4. The number of aryl methyl sites for hydroxylation is 1. The van der Waals surface area contributed by atoms with Crippen molar-refractivity contribution in [2.24, 2.45) is 7.05 Å². The lowest BCUT2D eigenvalue weighted by Crippen LogP contribution is -2.31. The summed E-state index contributed by atoms with van der Waals surface area (Å²) in [7, 11) is 3.26. The third-order valence-electron chi connectivity index (χ3n) is 5.92. The van der Waals surface area contributed by atoms with Crippen molar-refractivity contribution in [3.8, 4) is 17.0 Å². The number of anilines is 1. The summed E-state index contributed by atoms with van der Waals surface area (Å²) in [6, 6.07) is 12.8. The first kappa shape index (κ1) is 22.9. The molecule has 33 heavy (non-hydrogen) atoms. The number of nitrogens with one attached hydrogen (secondary N) is 1. The molecule has 0 amide bonds. The summed E-state index contributed by atoms with van der Waals surface area (Å²) in [6.45, 7) is 3.38. The quantitative estimate of drug-likeness (QED) is 0.544. The SMILES string of the molecule is CCc1nc(-c2ccc(OC)cc2Cl)c(=O)n(C)c1N[C@@H]1c2ccccc2C[C@@H]1OC(C)=O. The van der Waals surface area contributed by atoms with E-state index in [1.54, 1.807) is 36.9 Å². The van der Waals surface area contributed by atoms with Crippen molar-refractivity contribution >= 4 is 23.4 Å². The second-order valence-electron chi connectivity index (χ2n) is 7.99. The molecule has 0 saturated carbocycles. The number of halogens is 1. The van der Waals surface area contributed by atoms with Gasteiger partial charge in [0.15, 0.2) is 0 Å². The van der Waals surface area contributed by atoms with Gasteiger partial charge >= 0.3 is 5.97 Å². The second-order valence-corrected chi connectivity index (χ2v) is 8.40. The number of hydrogen-bond donors (Lipinski definition) is 1. The molecule has 172 valence electrons. The van der Waals surface area contributed by atoms with Crippen LogP contribution < -0.4 is 15.6 Å². The summed E-state index contributed by atoms with van der Waals surface area (Å²) in [5, 5.41) is 3.85. The molecule has 0 radical (unpaired) electrons. The summed E-state index contributed by atoms with van der Waals surface area (Å²) in [6.07, 6.45) is 0.815. The monoisotopic (exact) mass is 467 g/mol. The van der Waals surface area contributed by atoms with Crippen molar-refractivity contribution in [1.82, 2.24) is 9.55 Å². The van der Waals surface area contributed by atoms with Crippen LogP contribution >= 0.6 is 11.6 Å². The van der Waals surface area contributed by atoms with Crippen molar-refractivity contribution in [3.63, 3.8) is 0 Å². The molecule has 1 aliphatic rings. The second kappa shape index (κ2) is 9.27. The van der Waals surface area contributed by atoms with Crippen LogP contribution in [-0.4, -0.2) is 28.7 Å². The zero-order valence-corrected chi connectivity index (χ0v) is 19.8. The highest BCUT2D eigenvalue weighted by Crippen LogP contribution is 2.37. The lowest BCUT2D eigenvalue weighted by Gasteiger charge is -2.25. The summed E-state index contributed by atoms with van der Waals surface area (Å²) in [5.41, 5.74) is 3.40. The zero-order chi connectivity index (χ0) is 23.7. The maximum Gasteiger partial charge on any atom is 0.302 e. The third kappa shape index (κ3) is 4.33. The van der Waals surface area contributed by atoms with Gasteiger partial charge in [0.05, 0.1) is 23.9 Å². The lowest BCUT2D eigenvalue weighted by atomic mass is 10.1. The molecule has 1 aromatic heterocycles. The van der Waals surface area contributed by atoms with Crippen LogP contribution in [0.3, 0.4) is 0 Å². The maximum absolute atomic E-state index is 13.3. The van der Waals surface area contributed by atoms with Gasteiger partial charge in [-0.15, -0.1) is 0 Å². The molecule has 0 bridgehead atoms. The molecule has 0 saturated heterocycles. The van der Waals surface area contributed by atoms with E-state index in [9.17, 15) is 9.59 Å². The summed E-state index contributed by atoms with van der Waals surface area (Å²) in [5.74, 6) is 0.854. The van der Waals surface area contributed by atoms with E-state index in [-0.39, 0.29) is 29.4 Å². The van der Waals surface area contributed by atoms with Crippen molar-refractivity contribution < 1.29 is 14.3 Å². The average Bonchev–Trinajstić information content (AvgIpc) is 3.13. The highest BCUT2D eigenvalue weighted by molar-refractivity contribution is 6.33. The van der Waals surface area contributed by atoms with E-state index in [1.807, 2.05) is 31.2 Å². The zero-order valence-electron chi connectivity index (χ0n) is 19.0. The first-order chi connectivity index (χ1) is 15.8. The molecule has 1 heterocycles. The average molecular weight is 468 g/mol. The van der Waals surface area contributed by atoms with Gasteiger partial charge in [-0.3, -0.25) is 14.2 Å². The van der Waals surface area contributed by atoms with Crippen molar-refractivity contribution in [3.05, 3.63) is 74.7 Å². The smallest absolute Gasteiger partial charge is 0.302 e. The molecular weight excluding hydrogens is 442 g/mol. The molecule has 8 heteroatoms. The van der Waals surface area contributed by atoms with Crippen molar-refractivity contribution in [2.45, 2.75) is 38.8 Å². The highest BCUT2D eigenvalue weighted by Gasteiger charge is 2.35. The molecule has 0 aliphatic heterocycles. The standard InChI is InChI=1S/C25H26ClN3O4/c1-5-20-24(28-22-17-9-7-6-8-15(17)12-21(22)33-14(2)30)29(3)25(31)23(27-20)18-11-10-16(32-4)13-19(18)26/h6-11,13,21-22,28H,5,12H2,1-4H3/t21-,22+/m0/s1. The van der Waals surface area contributed by atoms with Gasteiger partial charge in [-0.05, 0) is 35.7 Å². The van der Waals surface area contributed by atoms with Gasteiger partial charge in [0.1, 0.15) is 23.4 Å². The molecule has 2 aromatic carbocycles. The van der Waals surface area contributed by atoms with Crippen LogP contribution in [0.2, 0.25) is 5.02 Å². The fourth-order valence-electron chi connectivity index (χ4n) is 4.31. The number of nitrogens with zero attached hydrogens (tertiary/aromatic N) is 2. The minimum Gasteiger partial charge on any atom is -0.497 e. The van der Waals surface area contributed by atoms with E-state index in [4.69, 9.17) is 26.1 Å². The Hall–Kier alpha value is -3.32. The molecule has 4 rings (SSSR count). The molecule has 0 unspecified atom stereocenters. The fraction of sp³-hybridized carbons (Fsp3) is 0.320.